The van der Waals surface area contributed by atoms with Gasteiger partial charge in [-0.2, -0.15) is 0 Å². The summed E-state index contributed by atoms with van der Waals surface area (Å²) in [4.78, 5) is 14.6. The largest absolute Gasteiger partial charge is 0.506 e. The maximum Gasteiger partial charge on any atom is 0.296 e. The molecule has 2 aromatic rings. The number of ether oxygens (including phenoxy) is 1. The quantitative estimate of drug-likeness (QED) is 0.626. The Morgan fingerprint density at radius 2 is 2.19 bits per heavy atom. The van der Waals surface area contributed by atoms with Gasteiger partial charge in [-0.05, 0) is 31.2 Å². The van der Waals surface area contributed by atoms with E-state index < -0.39 is 4.92 Å². The van der Waals surface area contributed by atoms with Gasteiger partial charge in [0, 0.05) is 0 Å². The third-order valence-electron chi connectivity index (χ3n) is 2.75. The van der Waals surface area contributed by atoms with E-state index in [4.69, 9.17) is 9.84 Å². The van der Waals surface area contributed by atoms with E-state index in [1.165, 1.54) is 18.3 Å². The van der Waals surface area contributed by atoms with E-state index in [0.29, 0.717) is 30.3 Å². The number of hydrogen-bond acceptors (Lipinski definition) is 6. The van der Waals surface area contributed by atoms with Crippen LogP contribution in [0.5, 0.6) is 11.5 Å². The Morgan fingerprint density at radius 3 is 2.81 bits per heavy atom. The molecule has 0 saturated carbocycles. The van der Waals surface area contributed by atoms with Gasteiger partial charge in [0.15, 0.2) is 0 Å². The molecule has 0 spiro atoms. The molecule has 1 aromatic heterocycles. The lowest BCUT2D eigenvalue weighted by Gasteiger charge is -2.09. The highest BCUT2D eigenvalue weighted by Crippen LogP contribution is 2.29. The first-order valence-corrected chi connectivity index (χ1v) is 6.39. The van der Waals surface area contributed by atoms with Crippen LogP contribution in [-0.4, -0.2) is 21.6 Å². The molecular weight excluding hydrogens is 274 g/mol. The molecule has 2 rings (SSSR count). The summed E-state index contributed by atoms with van der Waals surface area (Å²) < 4.78 is 5.26. The molecule has 0 radical (unpaired) electrons. The molecule has 21 heavy (non-hydrogen) atoms. The molecule has 2 N–H and O–H groups in total. The third-order valence-corrected chi connectivity index (χ3v) is 2.75. The number of nitro groups is 1. The second-order valence-corrected chi connectivity index (χ2v) is 4.23. The minimum Gasteiger partial charge on any atom is -0.506 e. The van der Waals surface area contributed by atoms with E-state index in [2.05, 4.69) is 10.3 Å². The minimum atomic E-state index is -0.463. The lowest BCUT2D eigenvalue weighted by Crippen LogP contribution is -2.04. The Bertz CT molecular complexity index is 629. The van der Waals surface area contributed by atoms with Crippen molar-refractivity contribution in [2.75, 3.05) is 11.9 Å². The van der Waals surface area contributed by atoms with Gasteiger partial charge in [-0.1, -0.05) is 0 Å². The number of anilines is 1. The van der Waals surface area contributed by atoms with Crippen LogP contribution < -0.4 is 10.1 Å². The fourth-order valence-electron chi connectivity index (χ4n) is 1.78. The monoisotopic (exact) mass is 289 g/mol. The van der Waals surface area contributed by atoms with Crippen molar-refractivity contribution in [2.24, 2.45) is 0 Å². The summed E-state index contributed by atoms with van der Waals surface area (Å²) in [5, 5.41) is 23.2. The fraction of sp³-hybridized carbons (Fsp3) is 0.214. The Labute approximate surface area is 121 Å². The normalized spacial score (nSPS) is 10.1. The predicted octanol–water partition coefficient (Wildman–Crippen LogP) is 2.71. The van der Waals surface area contributed by atoms with E-state index in [-0.39, 0.29) is 11.4 Å². The first kappa shape index (κ1) is 14.6. The smallest absolute Gasteiger partial charge is 0.296 e. The number of aromatic hydroxyl groups is 1. The Kier molecular flexibility index (Phi) is 4.55. The molecule has 7 nitrogen and oxygen atoms in total. The summed E-state index contributed by atoms with van der Waals surface area (Å²) in [6.07, 6.45) is 1.32. The van der Waals surface area contributed by atoms with Gasteiger partial charge in [0.25, 0.3) is 5.69 Å². The minimum absolute atomic E-state index is 0.0558. The van der Waals surface area contributed by atoms with Crippen LogP contribution >= 0.6 is 0 Å². The first-order valence-electron chi connectivity index (χ1n) is 6.39. The number of rotatable bonds is 6. The van der Waals surface area contributed by atoms with Crippen LogP contribution in [0.1, 0.15) is 12.6 Å². The first-order chi connectivity index (χ1) is 10.1. The summed E-state index contributed by atoms with van der Waals surface area (Å²) in [7, 11) is 0. The molecule has 110 valence electrons. The lowest BCUT2D eigenvalue weighted by atomic mass is 10.2. The molecule has 0 amide bonds. The van der Waals surface area contributed by atoms with Crippen LogP contribution in [0, 0.1) is 10.1 Å². The van der Waals surface area contributed by atoms with Gasteiger partial charge in [-0.3, -0.25) is 15.1 Å². The van der Waals surface area contributed by atoms with Gasteiger partial charge in [0.1, 0.15) is 17.2 Å². The van der Waals surface area contributed by atoms with Crippen LogP contribution in [0.15, 0.2) is 36.5 Å². The number of nitrogens with zero attached hydrogens (tertiary/aromatic N) is 2. The highest BCUT2D eigenvalue weighted by atomic mass is 16.6. The molecule has 7 heteroatoms. The van der Waals surface area contributed by atoms with Gasteiger partial charge in [0.05, 0.1) is 36.0 Å². The van der Waals surface area contributed by atoms with Crippen LogP contribution in [0.4, 0.5) is 11.4 Å². The topological polar surface area (TPSA) is 97.5 Å². The van der Waals surface area contributed by atoms with Crippen molar-refractivity contribution < 1.29 is 14.8 Å². The average molecular weight is 289 g/mol. The van der Waals surface area contributed by atoms with E-state index in [9.17, 15) is 10.1 Å². The molecule has 0 bridgehead atoms. The molecule has 1 aromatic carbocycles. The van der Waals surface area contributed by atoms with Gasteiger partial charge in [0.2, 0.25) is 0 Å². The Balaban J connectivity index is 2.15. The number of aromatic nitrogens is 1. The molecule has 0 atom stereocenters. The highest BCUT2D eigenvalue weighted by molar-refractivity contribution is 5.63. The number of nitrogens with one attached hydrogen (secondary N) is 1. The molecule has 1 heterocycles. The van der Waals surface area contributed by atoms with Crippen molar-refractivity contribution in [1.29, 1.82) is 0 Å². The average Bonchev–Trinajstić information content (AvgIpc) is 2.47. The second-order valence-electron chi connectivity index (χ2n) is 4.23. The summed E-state index contributed by atoms with van der Waals surface area (Å²) in [5.41, 5.74) is 0.994. The van der Waals surface area contributed by atoms with Crippen LogP contribution in [0.25, 0.3) is 0 Å². The Morgan fingerprint density at radius 1 is 1.38 bits per heavy atom. The van der Waals surface area contributed by atoms with Gasteiger partial charge in [-0.25, -0.2) is 0 Å². The van der Waals surface area contributed by atoms with Crippen molar-refractivity contribution in [2.45, 2.75) is 13.5 Å². The zero-order valence-electron chi connectivity index (χ0n) is 11.4. The SMILES string of the molecule is CCOc1ccc(NCc2ccc(O)cn2)c([N+](=O)[O-])c1. The van der Waals surface area contributed by atoms with Crippen LogP contribution in [-0.2, 0) is 6.54 Å². The molecular formula is C14H15N3O4. The highest BCUT2D eigenvalue weighted by Gasteiger charge is 2.15. The van der Waals surface area contributed by atoms with Crippen molar-refractivity contribution in [3.63, 3.8) is 0 Å². The lowest BCUT2D eigenvalue weighted by molar-refractivity contribution is -0.384. The van der Waals surface area contributed by atoms with E-state index in [1.54, 1.807) is 18.2 Å². The summed E-state index contributed by atoms with van der Waals surface area (Å²) in [5.74, 6) is 0.531. The maximum atomic E-state index is 11.1. The van der Waals surface area contributed by atoms with Gasteiger partial charge in [-0.15, -0.1) is 0 Å². The summed E-state index contributed by atoms with van der Waals surface area (Å²) >= 11 is 0. The summed E-state index contributed by atoms with van der Waals surface area (Å²) in [6, 6.07) is 7.81. The molecule has 0 aliphatic heterocycles. The van der Waals surface area contributed by atoms with E-state index >= 15 is 0 Å². The number of pyridine rings is 1. The van der Waals surface area contributed by atoms with Crippen LogP contribution in [0.2, 0.25) is 0 Å². The predicted molar refractivity (Wildman–Crippen MR) is 77.5 cm³/mol. The van der Waals surface area contributed by atoms with Crippen molar-refractivity contribution in [3.05, 3.63) is 52.3 Å². The molecule has 0 fully saturated rings. The van der Waals surface area contributed by atoms with E-state index in [0.717, 1.165) is 0 Å². The van der Waals surface area contributed by atoms with Gasteiger partial charge < -0.3 is 15.2 Å². The molecule has 0 unspecified atom stereocenters. The third kappa shape index (κ3) is 3.82. The van der Waals surface area contributed by atoms with Crippen molar-refractivity contribution in [1.82, 2.24) is 4.98 Å². The zero-order chi connectivity index (χ0) is 15.2. The second kappa shape index (κ2) is 6.56. The molecule has 0 saturated heterocycles. The van der Waals surface area contributed by atoms with Gasteiger partial charge >= 0.3 is 0 Å². The number of nitro benzene ring substituents is 1. The molecule has 0 aliphatic rings. The maximum absolute atomic E-state index is 11.1. The fourth-order valence-corrected chi connectivity index (χ4v) is 1.78. The summed E-state index contributed by atoms with van der Waals surface area (Å²) in [6.45, 7) is 2.57. The standard InChI is InChI=1S/C14H15N3O4/c1-2-21-12-5-6-13(14(7-12)17(19)20)16-8-10-3-4-11(18)9-15-10/h3-7,9,16,18H,2,8H2,1H3. The van der Waals surface area contributed by atoms with Crippen LogP contribution in [0.3, 0.4) is 0 Å². The van der Waals surface area contributed by atoms with Crippen molar-refractivity contribution >= 4 is 11.4 Å². The molecule has 0 aliphatic carbocycles. The van der Waals surface area contributed by atoms with E-state index in [1.807, 2.05) is 6.92 Å². The Hall–Kier alpha value is -2.83. The zero-order valence-corrected chi connectivity index (χ0v) is 11.4. The number of benzene rings is 1. The number of hydrogen-bond donors (Lipinski definition) is 2. The van der Waals surface area contributed by atoms with Crippen molar-refractivity contribution in [3.8, 4) is 11.5 Å².